The Morgan fingerprint density at radius 2 is 1.97 bits per heavy atom. The van der Waals surface area contributed by atoms with E-state index in [-0.39, 0.29) is 24.7 Å². The van der Waals surface area contributed by atoms with E-state index in [9.17, 15) is 14.4 Å². The maximum Gasteiger partial charge on any atom is 0.338 e. The van der Waals surface area contributed by atoms with Crippen LogP contribution in [0.1, 0.15) is 43.2 Å². The molecule has 3 aromatic rings. The lowest BCUT2D eigenvalue weighted by Gasteiger charge is -2.23. The van der Waals surface area contributed by atoms with Crippen LogP contribution in [0.25, 0.3) is 6.08 Å². The normalized spacial score (nSPS) is 17.2. The molecule has 1 aromatic carbocycles. The molecule has 11 heteroatoms. The van der Waals surface area contributed by atoms with Gasteiger partial charge in [-0.3, -0.25) is 14.2 Å². The molecule has 4 heterocycles. The van der Waals surface area contributed by atoms with Crippen molar-refractivity contribution in [1.82, 2.24) is 9.47 Å². The van der Waals surface area contributed by atoms with E-state index in [0.717, 1.165) is 36.4 Å². The number of benzene rings is 1. The lowest BCUT2D eigenvalue weighted by atomic mass is 10.0. The van der Waals surface area contributed by atoms with Gasteiger partial charge in [0.15, 0.2) is 22.9 Å². The fraction of sp³-hybridized carbons (Fsp3) is 0.357. The molecule has 0 aliphatic carbocycles. The number of carbonyl (C=O) groups excluding carboxylic acids is 2. The zero-order valence-corrected chi connectivity index (χ0v) is 23.6. The van der Waals surface area contributed by atoms with Crippen molar-refractivity contribution in [2.45, 2.75) is 32.7 Å². The van der Waals surface area contributed by atoms with Gasteiger partial charge in [-0.25, -0.2) is 9.79 Å². The highest BCUT2D eigenvalue weighted by Gasteiger charge is 2.33. The minimum Gasteiger partial charge on any atom is -0.493 e. The largest absolute Gasteiger partial charge is 0.493 e. The lowest BCUT2D eigenvalue weighted by molar-refractivity contribution is -0.139. The van der Waals surface area contributed by atoms with Gasteiger partial charge in [0.25, 0.3) is 11.5 Å². The number of aromatic nitrogens is 1. The quantitative estimate of drug-likeness (QED) is 0.388. The number of likely N-dealkylation sites (tertiary alicyclic amines) is 1. The summed E-state index contributed by atoms with van der Waals surface area (Å²) in [7, 11) is 1.53. The molecule has 0 bridgehead atoms. The molecule has 0 radical (unpaired) electrons. The van der Waals surface area contributed by atoms with Crippen LogP contribution in [-0.4, -0.2) is 54.8 Å². The topological polar surface area (TPSA) is 99.4 Å². The maximum atomic E-state index is 13.7. The molecule has 39 heavy (non-hydrogen) atoms. The van der Waals surface area contributed by atoms with Gasteiger partial charge < -0.3 is 19.1 Å². The van der Waals surface area contributed by atoms with Crippen molar-refractivity contribution in [3.05, 3.63) is 77.1 Å². The number of thiophene rings is 1. The number of hydrogen-bond acceptors (Lipinski definition) is 9. The van der Waals surface area contributed by atoms with Crippen LogP contribution < -0.4 is 24.4 Å². The number of esters is 1. The van der Waals surface area contributed by atoms with Gasteiger partial charge in [-0.05, 0) is 61.9 Å². The van der Waals surface area contributed by atoms with Crippen LogP contribution in [0.2, 0.25) is 0 Å². The Bertz CT molecular complexity index is 1600. The second-order valence-corrected chi connectivity index (χ2v) is 11.1. The molecule has 2 aliphatic heterocycles. The molecular weight excluding hydrogens is 538 g/mol. The van der Waals surface area contributed by atoms with Crippen LogP contribution in [0.4, 0.5) is 0 Å². The van der Waals surface area contributed by atoms with Crippen LogP contribution in [0.15, 0.2) is 56.8 Å². The van der Waals surface area contributed by atoms with Crippen LogP contribution >= 0.6 is 22.7 Å². The SMILES string of the molecule is CCOC(=O)C1=C(C)N=c2s/c(=C/c3ccc(OCC(=O)N4CCCC4)c(OC)c3)c(=O)n2[C@@H]1c1cccs1. The average Bonchev–Trinajstić information content (AvgIpc) is 3.70. The Hall–Kier alpha value is -3.70. The molecule has 0 saturated carbocycles. The highest BCUT2D eigenvalue weighted by molar-refractivity contribution is 7.10. The summed E-state index contributed by atoms with van der Waals surface area (Å²) in [6.45, 7) is 5.22. The third-order valence-corrected chi connectivity index (χ3v) is 8.53. The molecule has 1 fully saturated rings. The predicted molar refractivity (Wildman–Crippen MR) is 149 cm³/mol. The summed E-state index contributed by atoms with van der Waals surface area (Å²) in [5.41, 5.74) is 1.38. The van der Waals surface area contributed by atoms with Gasteiger partial charge in [0.05, 0.1) is 29.5 Å². The summed E-state index contributed by atoms with van der Waals surface area (Å²) in [5.74, 6) is 0.395. The van der Waals surface area contributed by atoms with Crippen molar-refractivity contribution in [1.29, 1.82) is 0 Å². The summed E-state index contributed by atoms with van der Waals surface area (Å²) in [6, 6.07) is 8.49. The monoisotopic (exact) mass is 567 g/mol. The van der Waals surface area contributed by atoms with Gasteiger partial charge in [-0.2, -0.15) is 0 Å². The van der Waals surface area contributed by atoms with Crippen LogP contribution in [0.5, 0.6) is 11.5 Å². The van der Waals surface area contributed by atoms with E-state index >= 15 is 0 Å². The van der Waals surface area contributed by atoms with Gasteiger partial charge >= 0.3 is 5.97 Å². The second kappa shape index (κ2) is 11.6. The zero-order chi connectivity index (χ0) is 27.5. The summed E-state index contributed by atoms with van der Waals surface area (Å²) in [6.07, 6.45) is 3.81. The fourth-order valence-corrected chi connectivity index (χ4v) is 6.62. The van der Waals surface area contributed by atoms with Gasteiger partial charge in [0, 0.05) is 18.0 Å². The highest BCUT2D eigenvalue weighted by atomic mass is 32.1. The molecule has 2 aliphatic rings. The molecule has 0 unspecified atom stereocenters. The fourth-order valence-electron chi connectivity index (χ4n) is 4.75. The van der Waals surface area contributed by atoms with Gasteiger partial charge in [-0.15, -0.1) is 11.3 Å². The smallest absolute Gasteiger partial charge is 0.338 e. The molecule has 1 atom stereocenters. The van der Waals surface area contributed by atoms with Crippen molar-refractivity contribution in [2.24, 2.45) is 4.99 Å². The maximum absolute atomic E-state index is 13.7. The first-order valence-corrected chi connectivity index (χ1v) is 14.4. The number of ether oxygens (including phenoxy) is 3. The molecule has 2 aromatic heterocycles. The van der Waals surface area contributed by atoms with E-state index in [0.29, 0.717) is 32.1 Å². The van der Waals surface area contributed by atoms with Crippen molar-refractivity contribution in [3.8, 4) is 11.5 Å². The Balaban J connectivity index is 1.48. The molecule has 5 rings (SSSR count). The summed E-state index contributed by atoms with van der Waals surface area (Å²) < 4.78 is 18.6. The van der Waals surface area contributed by atoms with E-state index in [2.05, 4.69) is 4.99 Å². The van der Waals surface area contributed by atoms with Gasteiger partial charge in [0.2, 0.25) is 0 Å². The molecule has 0 N–H and O–H groups in total. The average molecular weight is 568 g/mol. The molecule has 0 spiro atoms. The van der Waals surface area contributed by atoms with E-state index in [1.165, 1.54) is 29.8 Å². The third-order valence-electron chi connectivity index (χ3n) is 6.63. The Kier molecular flexibility index (Phi) is 7.99. The van der Waals surface area contributed by atoms with Crippen molar-refractivity contribution in [2.75, 3.05) is 33.4 Å². The Labute approximate surface area is 233 Å². The van der Waals surface area contributed by atoms with Crippen molar-refractivity contribution >= 4 is 40.6 Å². The number of fused-ring (bicyclic) bond motifs is 1. The summed E-state index contributed by atoms with van der Waals surface area (Å²) >= 11 is 2.73. The molecule has 204 valence electrons. The summed E-state index contributed by atoms with van der Waals surface area (Å²) in [4.78, 5) is 46.7. The van der Waals surface area contributed by atoms with Crippen LogP contribution in [-0.2, 0) is 14.3 Å². The van der Waals surface area contributed by atoms with Crippen molar-refractivity contribution < 1.29 is 23.8 Å². The second-order valence-electron chi connectivity index (χ2n) is 9.10. The number of nitrogens with zero attached hydrogens (tertiary/aromatic N) is 3. The summed E-state index contributed by atoms with van der Waals surface area (Å²) in [5, 5.41) is 1.91. The van der Waals surface area contributed by atoms with Crippen molar-refractivity contribution in [3.63, 3.8) is 0 Å². The predicted octanol–water partition coefficient (Wildman–Crippen LogP) is 2.87. The van der Waals surface area contributed by atoms with E-state index < -0.39 is 12.0 Å². The standard InChI is InChI=1S/C28H29N3O6S2/c1-4-36-27(34)24-17(2)29-28-31(25(24)21-8-7-13-38-21)26(33)22(39-28)15-18-9-10-19(20(14-18)35-3)37-16-23(32)30-11-5-6-12-30/h7-10,13-15,25H,4-6,11-12,16H2,1-3H3/b22-15+/t25-/m1/s1. The van der Waals surface area contributed by atoms with E-state index in [1.54, 1.807) is 41.5 Å². The van der Waals surface area contributed by atoms with Gasteiger partial charge in [0.1, 0.15) is 6.04 Å². The molecule has 1 saturated heterocycles. The Morgan fingerprint density at radius 3 is 2.67 bits per heavy atom. The Morgan fingerprint density at radius 1 is 1.18 bits per heavy atom. The lowest BCUT2D eigenvalue weighted by Crippen LogP contribution is -2.39. The molecule has 9 nitrogen and oxygen atoms in total. The number of amides is 1. The van der Waals surface area contributed by atoms with E-state index in [4.69, 9.17) is 14.2 Å². The number of allylic oxidation sites excluding steroid dienone is 1. The third kappa shape index (κ3) is 5.41. The van der Waals surface area contributed by atoms with Crippen LogP contribution in [0.3, 0.4) is 0 Å². The minimum atomic E-state index is -0.610. The number of thiazole rings is 1. The highest BCUT2D eigenvalue weighted by Crippen LogP contribution is 2.33. The minimum absolute atomic E-state index is 0.0440. The van der Waals surface area contributed by atoms with Gasteiger partial charge in [-0.1, -0.05) is 23.5 Å². The van der Waals surface area contributed by atoms with Crippen LogP contribution in [0, 0.1) is 0 Å². The number of methoxy groups -OCH3 is 1. The number of hydrogen-bond donors (Lipinski definition) is 0. The number of rotatable bonds is 8. The first-order valence-electron chi connectivity index (χ1n) is 12.7. The first-order chi connectivity index (χ1) is 18.9. The zero-order valence-electron chi connectivity index (χ0n) is 22.0. The number of carbonyl (C=O) groups is 2. The van der Waals surface area contributed by atoms with E-state index in [1.807, 2.05) is 23.6 Å². The first kappa shape index (κ1) is 26.9. The molecule has 1 amide bonds. The molecular formula is C28H29N3O6S2.